The number of hydrogen-bond donors (Lipinski definition) is 1. The van der Waals surface area contributed by atoms with Crippen molar-refractivity contribution in [2.24, 2.45) is 0 Å². The monoisotopic (exact) mass is 278 g/mol. The summed E-state index contributed by atoms with van der Waals surface area (Å²) in [6, 6.07) is 0. The minimum absolute atomic E-state index is 0.232. The first-order valence-electron chi connectivity index (χ1n) is 7.14. The second-order valence-electron chi connectivity index (χ2n) is 4.77. The lowest BCUT2D eigenvalue weighted by molar-refractivity contribution is 0.208. The summed E-state index contributed by atoms with van der Waals surface area (Å²) in [4.78, 5) is 0. The Balaban J connectivity index is 3.09. The van der Waals surface area contributed by atoms with Crippen LogP contribution < -0.4 is 5.32 Å². The van der Waals surface area contributed by atoms with Gasteiger partial charge in [-0.05, 0) is 32.9 Å². The van der Waals surface area contributed by atoms with E-state index in [4.69, 9.17) is 0 Å². The molecule has 0 aliphatic rings. The lowest BCUT2D eigenvalue weighted by Crippen LogP contribution is -2.22. The quantitative estimate of drug-likeness (QED) is 0.415. The maximum Gasteiger partial charge on any atom is 0.0844 e. The highest BCUT2D eigenvalue weighted by Gasteiger charge is 2.01. The highest BCUT2D eigenvalue weighted by Crippen LogP contribution is 2.06. The first kappa shape index (κ1) is 18.0. The van der Waals surface area contributed by atoms with Gasteiger partial charge in [-0.2, -0.15) is 0 Å². The molecule has 2 unspecified atom stereocenters. The number of nitrogens with one attached hydrogen (secondary N) is 1. The molecule has 5 heteroatoms. The third-order valence-electron chi connectivity index (χ3n) is 2.93. The van der Waals surface area contributed by atoms with Crippen LogP contribution in [0, 0.1) is 0 Å². The van der Waals surface area contributed by atoms with Crippen LogP contribution in [-0.4, -0.2) is 28.0 Å². The zero-order valence-corrected chi connectivity index (χ0v) is 12.6. The Bertz CT molecular complexity index is 203. The molecule has 1 N–H and O–H groups in total. The summed E-state index contributed by atoms with van der Waals surface area (Å²) in [6.45, 7) is 5.83. The van der Waals surface area contributed by atoms with E-state index in [9.17, 15) is 8.76 Å². The van der Waals surface area contributed by atoms with E-state index in [0.29, 0.717) is 0 Å². The first-order chi connectivity index (χ1) is 8.66. The summed E-state index contributed by atoms with van der Waals surface area (Å²) in [5.74, 6) is 0. The molecular formula is C13H28NO3S-. The fraction of sp³-hybridized carbons (Fsp3) is 1.00. The van der Waals surface area contributed by atoms with Crippen molar-refractivity contribution in [1.29, 1.82) is 0 Å². The van der Waals surface area contributed by atoms with E-state index in [0.717, 1.165) is 19.5 Å². The summed E-state index contributed by atoms with van der Waals surface area (Å²) in [5.41, 5.74) is 0. The molecule has 0 aromatic heterocycles. The maximum absolute atomic E-state index is 10.2. The highest BCUT2D eigenvalue weighted by atomic mass is 32.2. The van der Waals surface area contributed by atoms with Gasteiger partial charge in [0.15, 0.2) is 0 Å². The molecule has 0 saturated carbocycles. The third kappa shape index (κ3) is 14.1. The molecule has 0 fully saturated rings. The van der Waals surface area contributed by atoms with Gasteiger partial charge < -0.3 is 9.87 Å². The van der Waals surface area contributed by atoms with E-state index in [2.05, 4.69) is 16.4 Å². The van der Waals surface area contributed by atoms with E-state index < -0.39 is 11.4 Å². The van der Waals surface area contributed by atoms with Crippen LogP contribution in [-0.2, 0) is 15.5 Å². The Hall–Kier alpha value is 0.0300. The van der Waals surface area contributed by atoms with E-state index in [1.165, 1.54) is 44.9 Å². The van der Waals surface area contributed by atoms with Crippen molar-refractivity contribution in [2.45, 2.75) is 71.3 Å². The average molecular weight is 278 g/mol. The predicted octanol–water partition coefficient (Wildman–Crippen LogP) is 2.92. The zero-order chi connectivity index (χ0) is 13.6. The van der Waals surface area contributed by atoms with Gasteiger partial charge in [0, 0.05) is 0 Å². The van der Waals surface area contributed by atoms with Crippen molar-refractivity contribution in [3.8, 4) is 0 Å². The lowest BCUT2D eigenvalue weighted by atomic mass is 10.1. The Morgan fingerprint density at radius 2 is 1.72 bits per heavy atom. The van der Waals surface area contributed by atoms with Gasteiger partial charge in [-0.1, -0.05) is 45.4 Å². The molecule has 0 rings (SSSR count). The Labute approximate surface area is 114 Å². The van der Waals surface area contributed by atoms with E-state index in [1.807, 2.05) is 0 Å². The minimum Gasteiger partial charge on any atom is -0.750 e. The molecular weight excluding hydrogens is 250 g/mol. The summed E-state index contributed by atoms with van der Waals surface area (Å²) in [5, 5.41) is 3.31. The molecule has 0 heterocycles. The average Bonchev–Trinajstić information content (AvgIpc) is 2.30. The standard InChI is InChI=1S/C13H29NO3S/c1-3-4-5-6-7-8-9-11-14-12-10-13(2)17-18(15)16/h13-14H,3-12H2,1-2H3,(H,15,16)/p-1. The molecule has 0 bridgehead atoms. The van der Waals surface area contributed by atoms with Gasteiger partial charge in [0.05, 0.1) is 17.5 Å². The fourth-order valence-electron chi connectivity index (χ4n) is 1.82. The van der Waals surface area contributed by atoms with Crippen LogP contribution >= 0.6 is 0 Å². The van der Waals surface area contributed by atoms with Crippen LogP contribution in [0.2, 0.25) is 0 Å². The normalized spacial score (nSPS) is 14.6. The molecule has 110 valence electrons. The molecule has 0 saturated heterocycles. The van der Waals surface area contributed by atoms with Gasteiger partial charge in [0.1, 0.15) is 0 Å². The summed E-state index contributed by atoms with van der Waals surface area (Å²) < 4.78 is 25.1. The van der Waals surface area contributed by atoms with Crippen LogP contribution in [0.4, 0.5) is 0 Å². The number of hydrogen-bond acceptors (Lipinski definition) is 4. The van der Waals surface area contributed by atoms with E-state index in [1.54, 1.807) is 6.92 Å². The van der Waals surface area contributed by atoms with Crippen molar-refractivity contribution in [3.05, 3.63) is 0 Å². The Morgan fingerprint density at radius 1 is 1.11 bits per heavy atom. The van der Waals surface area contributed by atoms with Crippen molar-refractivity contribution >= 4 is 11.4 Å². The van der Waals surface area contributed by atoms with Gasteiger partial charge in [-0.15, -0.1) is 0 Å². The van der Waals surface area contributed by atoms with E-state index >= 15 is 0 Å². The number of unbranched alkanes of at least 4 members (excludes halogenated alkanes) is 6. The SMILES string of the molecule is CCCCCCCCCNCCC(C)OS(=O)[O-]. The summed E-state index contributed by atoms with van der Waals surface area (Å²) in [6.07, 6.45) is 9.69. The predicted molar refractivity (Wildman–Crippen MR) is 74.9 cm³/mol. The van der Waals surface area contributed by atoms with Crippen molar-refractivity contribution < 1.29 is 12.9 Å². The Morgan fingerprint density at radius 3 is 2.33 bits per heavy atom. The van der Waals surface area contributed by atoms with Gasteiger partial charge in [0.25, 0.3) is 0 Å². The summed E-state index contributed by atoms with van der Waals surface area (Å²) in [7, 11) is 0. The molecule has 18 heavy (non-hydrogen) atoms. The second kappa shape index (κ2) is 13.5. The number of rotatable bonds is 13. The van der Waals surface area contributed by atoms with Crippen LogP contribution in [0.25, 0.3) is 0 Å². The molecule has 2 atom stereocenters. The van der Waals surface area contributed by atoms with Crippen LogP contribution in [0.1, 0.15) is 65.2 Å². The largest absolute Gasteiger partial charge is 0.750 e. The molecule has 0 aliphatic heterocycles. The fourth-order valence-corrected chi connectivity index (χ4v) is 2.18. The third-order valence-corrected chi connectivity index (χ3v) is 3.41. The molecule has 0 amide bonds. The molecule has 0 spiro atoms. The van der Waals surface area contributed by atoms with E-state index in [-0.39, 0.29) is 6.10 Å². The van der Waals surface area contributed by atoms with Crippen LogP contribution in [0.5, 0.6) is 0 Å². The molecule has 0 radical (unpaired) electrons. The smallest absolute Gasteiger partial charge is 0.0844 e. The molecule has 0 aliphatic carbocycles. The molecule has 0 aromatic rings. The molecule has 4 nitrogen and oxygen atoms in total. The van der Waals surface area contributed by atoms with Crippen LogP contribution in [0.15, 0.2) is 0 Å². The van der Waals surface area contributed by atoms with Crippen molar-refractivity contribution in [3.63, 3.8) is 0 Å². The van der Waals surface area contributed by atoms with Gasteiger partial charge in [-0.3, -0.25) is 4.18 Å². The van der Waals surface area contributed by atoms with Crippen molar-refractivity contribution in [1.82, 2.24) is 5.32 Å². The van der Waals surface area contributed by atoms with Crippen molar-refractivity contribution in [2.75, 3.05) is 13.1 Å². The van der Waals surface area contributed by atoms with Crippen LogP contribution in [0.3, 0.4) is 0 Å². The van der Waals surface area contributed by atoms with Gasteiger partial charge >= 0.3 is 0 Å². The second-order valence-corrected chi connectivity index (χ2v) is 5.37. The maximum atomic E-state index is 10.2. The first-order valence-corrected chi connectivity index (χ1v) is 8.14. The molecule has 0 aromatic carbocycles. The topological polar surface area (TPSA) is 61.4 Å². The zero-order valence-electron chi connectivity index (χ0n) is 11.8. The lowest BCUT2D eigenvalue weighted by Gasteiger charge is -2.14. The Kier molecular flexibility index (Phi) is 13.5. The van der Waals surface area contributed by atoms with Gasteiger partial charge in [-0.25, -0.2) is 4.21 Å². The summed E-state index contributed by atoms with van der Waals surface area (Å²) >= 11 is -2.39. The minimum atomic E-state index is -2.39. The highest BCUT2D eigenvalue weighted by molar-refractivity contribution is 7.74. The van der Waals surface area contributed by atoms with Gasteiger partial charge in [0.2, 0.25) is 0 Å².